The quantitative estimate of drug-likeness (QED) is 0.164. The lowest BCUT2D eigenvalue weighted by Crippen LogP contribution is -1.98. The Balaban J connectivity index is 1.55. The second-order valence-corrected chi connectivity index (χ2v) is 10.5. The van der Waals surface area contributed by atoms with Crippen LogP contribution in [-0.4, -0.2) is 6.54 Å². The smallest absolute Gasteiger partial charge is 0.00773 e. The molecule has 2 rings (SSSR count). The van der Waals surface area contributed by atoms with Crippen molar-refractivity contribution in [2.45, 2.75) is 109 Å². The van der Waals surface area contributed by atoms with Crippen molar-refractivity contribution in [2.24, 2.45) is 11.7 Å². The molecule has 0 spiro atoms. The van der Waals surface area contributed by atoms with E-state index in [9.17, 15) is 0 Å². The molecule has 0 saturated heterocycles. The molecule has 2 N–H and O–H groups in total. The second kappa shape index (κ2) is 22.1. The SMILES string of the molecule is NCCCCCCCCCCCCCCCCC(CC=Cc1ccccc1)CC=Cc1ccccc1. The monoisotopic (exact) mass is 487 g/mol. The molecular formula is C35H53N. The maximum atomic E-state index is 5.56. The van der Waals surface area contributed by atoms with Crippen LogP contribution in [0.15, 0.2) is 72.8 Å². The van der Waals surface area contributed by atoms with Crippen LogP contribution in [-0.2, 0) is 0 Å². The predicted octanol–water partition coefficient (Wildman–Crippen LogP) is 10.6. The summed E-state index contributed by atoms with van der Waals surface area (Å²) in [6.45, 7) is 0.860. The molecule has 1 nitrogen and oxygen atoms in total. The third-order valence-corrected chi connectivity index (χ3v) is 7.23. The standard InChI is InChI=1S/C35H53N/c36-32-20-12-10-8-6-4-2-1-3-5-7-9-11-15-23-35(30-21-28-33-24-16-13-17-25-33)31-22-29-34-26-18-14-19-27-34/h13-14,16-19,21-22,24-29,35H,1-12,15,20,23,30-32,36H2. The van der Waals surface area contributed by atoms with E-state index in [1.54, 1.807) is 0 Å². The van der Waals surface area contributed by atoms with E-state index in [0.717, 1.165) is 12.5 Å². The van der Waals surface area contributed by atoms with Crippen molar-refractivity contribution in [1.82, 2.24) is 0 Å². The van der Waals surface area contributed by atoms with Crippen molar-refractivity contribution >= 4 is 12.2 Å². The van der Waals surface area contributed by atoms with Gasteiger partial charge in [-0.3, -0.25) is 0 Å². The zero-order valence-corrected chi connectivity index (χ0v) is 23.0. The summed E-state index contributed by atoms with van der Waals surface area (Å²) < 4.78 is 0. The first-order valence-corrected chi connectivity index (χ1v) is 15.0. The summed E-state index contributed by atoms with van der Waals surface area (Å²) in [7, 11) is 0. The molecule has 198 valence electrons. The Morgan fingerprint density at radius 3 is 1.22 bits per heavy atom. The number of rotatable bonds is 22. The predicted molar refractivity (Wildman–Crippen MR) is 162 cm³/mol. The summed E-state index contributed by atoms with van der Waals surface area (Å²) in [6, 6.07) is 21.4. The Morgan fingerprint density at radius 1 is 0.472 bits per heavy atom. The highest BCUT2D eigenvalue weighted by Gasteiger charge is 2.05. The van der Waals surface area contributed by atoms with E-state index in [1.807, 2.05) is 0 Å². The largest absolute Gasteiger partial charge is 0.330 e. The summed E-state index contributed by atoms with van der Waals surface area (Å²) in [5.74, 6) is 0.736. The van der Waals surface area contributed by atoms with E-state index in [4.69, 9.17) is 5.73 Å². The number of nitrogens with two attached hydrogens (primary N) is 1. The average molecular weight is 488 g/mol. The maximum Gasteiger partial charge on any atom is -0.00773 e. The number of benzene rings is 2. The molecule has 0 heterocycles. The van der Waals surface area contributed by atoms with Gasteiger partial charge in [0, 0.05) is 0 Å². The van der Waals surface area contributed by atoms with Crippen molar-refractivity contribution in [3.05, 3.63) is 83.9 Å². The van der Waals surface area contributed by atoms with E-state index in [0.29, 0.717) is 0 Å². The highest BCUT2D eigenvalue weighted by atomic mass is 14.5. The minimum atomic E-state index is 0.736. The lowest BCUT2D eigenvalue weighted by Gasteiger charge is -2.13. The van der Waals surface area contributed by atoms with Gasteiger partial charge in [0.2, 0.25) is 0 Å². The van der Waals surface area contributed by atoms with Crippen LogP contribution in [0.25, 0.3) is 12.2 Å². The molecule has 0 aliphatic rings. The molecule has 0 bridgehead atoms. The average Bonchev–Trinajstić information content (AvgIpc) is 2.91. The molecule has 0 unspecified atom stereocenters. The van der Waals surface area contributed by atoms with Gasteiger partial charge >= 0.3 is 0 Å². The molecule has 0 saturated carbocycles. The van der Waals surface area contributed by atoms with Crippen LogP contribution >= 0.6 is 0 Å². The minimum Gasteiger partial charge on any atom is -0.330 e. The van der Waals surface area contributed by atoms with Crippen LogP contribution in [0, 0.1) is 5.92 Å². The van der Waals surface area contributed by atoms with E-state index in [1.165, 1.54) is 120 Å². The third-order valence-electron chi connectivity index (χ3n) is 7.23. The Kier molecular flexibility index (Phi) is 18.5. The van der Waals surface area contributed by atoms with Crippen molar-refractivity contribution < 1.29 is 0 Å². The molecule has 0 radical (unpaired) electrons. The van der Waals surface area contributed by atoms with Gasteiger partial charge in [0.25, 0.3) is 0 Å². The highest BCUT2D eigenvalue weighted by molar-refractivity contribution is 5.49. The van der Waals surface area contributed by atoms with Crippen LogP contribution in [0.3, 0.4) is 0 Å². The zero-order chi connectivity index (χ0) is 25.4. The molecule has 0 aliphatic heterocycles. The maximum absolute atomic E-state index is 5.56. The van der Waals surface area contributed by atoms with Gasteiger partial charge in [0.05, 0.1) is 0 Å². The van der Waals surface area contributed by atoms with Crippen molar-refractivity contribution in [1.29, 1.82) is 0 Å². The summed E-state index contributed by atoms with van der Waals surface area (Å²) in [5.41, 5.74) is 8.16. The molecule has 0 amide bonds. The third kappa shape index (κ3) is 16.5. The van der Waals surface area contributed by atoms with Gasteiger partial charge < -0.3 is 5.73 Å². The molecule has 2 aromatic carbocycles. The normalized spacial score (nSPS) is 12.6. The van der Waals surface area contributed by atoms with Crippen LogP contribution in [0.2, 0.25) is 0 Å². The number of allylic oxidation sites excluding steroid dienone is 2. The van der Waals surface area contributed by atoms with Gasteiger partial charge in [-0.1, -0.05) is 168 Å². The first kappa shape index (κ1) is 30.1. The Hall–Kier alpha value is -2.12. The van der Waals surface area contributed by atoms with E-state index in [2.05, 4.69) is 85.0 Å². The Labute approximate surface area is 223 Å². The topological polar surface area (TPSA) is 26.0 Å². The summed E-state index contributed by atoms with van der Waals surface area (Å²) in [5, 5.41) is 0. The van der Waals surface area contributed by atoms with Gasteiger partial charge in [0.15, 0.2) is 0 Å². The molecule has 0 aliphatic carbocycles. The van der Waals surface area contributed by atoms with Crippen LogP contribution in [0.5, 0.6) is 0 Å². The van der Waals surface area contributed by atoms with Crippen LogP contribution < -0.4 is 5.73 Å². The molecule has 2 aromatic rings. The lowest BCUT2D eigenvalue weighted by atomic mass is 9.93. The zero-order valence-electron chi connectivity index (χ0n) is 23.0. The fourth-order valence-electron chi connectivity index (χ4n) is 4.95. The van der Waals surface area contributed by atoms with E-state index in [-0.39, 0.29) is 0 Å². The fraction of sp³-hybridized carbons (Fsp3) is 0.543. The molecular weight excluding hydrogens is 434 g/mol. The van der Waals surface area contributed by atoms with Crippen molar-refractivity contribution in [2.75, 3.05) is 6.54 Å². The molecule has 1 heteroatoms. The fourth-order valence-corrected chi connectivity index (χ4v) is 4.95. The number of hydrogen-bond donors (Lipinski definition) is 1. The van der Waals surface area contributed by atoms with E-state index < -0.39 is 0 Å². The van der Waals surface area contributed by atoms with Crippen LogP contribution in [0.4, 0.5) is 0 Å². The van der Waals surface area contributed by atoms with Crippen molar-refractivity contribution in [3.8, 4) is 0 Å². The van der Waals surface area contributed by atoms with Gasteiger partial charge in [-0.05, 0) is 49.3 Å². The molecule has 0 fully saturated rings. The van der Waals surface area contributed by atoms with Crippen LogP contribution in [0.1, 0.15) is 120 Å². The summed E-state index contributed by atoms with van der Waals surface area (Å²) >= 11 is 0. The van der Waals surface area contributed by atoms with Gasteiger partial charge in [-0.15, -0.1) is 0 Å². The molecule has 0 aromatic heterocycles. The highest BCUT2D eigenvalue weighted by Crippen LogP contribution is 2.21. The van der Waals surface area contributed by atoms with Crippen molar-refractivity contribution in [3.63, 3.8) is 0 Å². The van der Waals surface area contributed by atoms with Gasteiger partial charge in [-0.25, -0.2) is 0 Å². The molecule has 36 heavy (non-hydrogen) atoms. The van der Waals surface area contributed by atoms with Gasteiger partial charge in [0.1, 0.15) is 0 Å². The first-order valence-electron chi connectivity index (χ1n) is 15.0. The Bertz CT molecular complexity index is 725. The lowest BCUT2D eigenvalue weighted by molar-refractivity contribution is 0.456. The second-order valence-electron chi connectivity index (χ2n) is 10.5. The Morgan fingerprint density at radius 2 is 0.833 bits per heavy atom. The summed E-state index contributed by atoms with van der Waals surface area (Å²) in [4.78, 5) is 0. The molecule has 0 atom stereocenters. The number of hydrogen-bond acceptors (Lipinski definition) is 1. The number of unbranched alkanes of at least 4 members (excludes halogenated alkanes) is 13. The van der Waals surface area contributed by atoms with E-state index >= 15 is 0 Å². The minimum absolute atomic E-state index is 0.736. The summed E-state index contributed by atoms with van der Waals surface area (Å²) in [6.07, 6.45) is 32.5. The first-order chi connectivity index (χ1) is 17.9. The van der Waals surface area contributed by atoms with Gasteiger partial charge in [-0.2, -0.15) is 0 Å².